The van der Waals surface area contributed by atoms with Crippen LogP contribution in [-0.4, -0.2) is 11.7 Å². The molecule has 0 aromatic heterocycles. The summed E-state index contributed by atoms with van der Waals surface area (Å²) in [5, 5.41) is 10.3. The van der Waals surface area contributed by atoms with Gasteiger partial charge in [-0.05, 0) is 46.5 Å². The molecule has 3 heteroatoms. The molecule has 1 unspecified atom stereocenters. The van der Waals surface area contributed by atoms with E-state index in [4.69, 9.17) is 4.74 Å². The lowest BCUT2D eigenvalue weighted by Crippen LogP contribution is -2.00. The van der Waals surface area contributed by atoms with E-state index in [0.29, 0.717) is 0 Å². The van der Waals surface area contributed by atoms with E-state index < -0.39 is 0 Å². The number of benzene rings is 1. The molecule has 0 aliphatic carbocycles. The summed E-state index contributed by atoms with van der Waals surface area (Å²) < 4.78 is 6.55. The molecule has 0 fully saturated rings. The maximum Gasteiger partial charge on any atom is 0.133 e. The van der Waals surface area contributed by atoms with Gasteiger partial charge in [-0.25, -0.2) is 0 Å². The zero-order chi connectivity index (χ0) is 15.5. The first-order chi connectivity index (χ1) is 10.2. The van der Waals surface area contributed by atoms with E-state index >= 15 is 0 Å². The van der Waals surface area contributed by atoms with E-state index in [1.807, 2.05) is 18.2 Å². The highest BCUT2D eigenvalue weighted by Gasteiger charge is 2.10. The molecule has 0 spiro atoms. The Labute approximate surface area is 138 Å². The van der Waals surface area contributed by atoms with Crippen molar-refractivity contribution in [2.45, 2.75) is 71.3 Å². The highest BCUT2D eigenvalue weighted by molar-refractivity contribution is 9.10. The summed E-state index contributed by atoms with van der Waals surface area (Å²) in [5.74, 6) is 0.854. The van der Waals surface area contributed by atoms with E-state index in [9.17, 15) is 5.11 Å². The molecule has 120 valence electrons. The standard InChI is InChI=1S/C18H29BrO2/c1-3-5-6-7-8-9-10-17(20)15-11-12-18(16(19)14-15)21-13-4-2/h11-12,14,17,20H,3-10,13H2,1-2H3. The van der Waals surface area contributed by atoms with Crippen molar-refractivity contribution in [2.24, 2.45) is 0 Å². The average Bonchev–Trinajstić information content (AvgIpc) is 2.49. The zero-order valence-electron chi connectivity index (χ0n) is 13.4. The maximum atomic E-state index is 10.3. The third-order valence-electron chi connectivity index (χ3n) is 3.63. The van der Waals surface area contributed by atoms with Crippen molar-refractivity contribution in [2.75, 3.05) is 6.61 Å². The molecule has 1 aromatic carbocycles. The SMILES string of the molecule is CCCCCCCCC(O)c1ccc(OCCC)c(Br)c1. The van der Waals surface area contributed by atoms with Crippen molar-refractivity contribution < 1.29 is 9.84 Å². The number of hydrogen-bond acceptors (Lipinski definition) is 2. The van der Waals surface area contributed by atoms with Crippen molar-refractivity contribution in [1.82, 2.24) is 0 Å². The second-order valence-corrected chi connectivity index (χ2v) is 6.46. The Morgan fingerprint density at radius 3 is 2.43 bits per heavy atom. The topological polar surface area (TPSA) is 29.5 Å². The zero-order valence-corrected chi connectivity index (χ0v) is 15.0. The molecule has 0 amide bonds. The normalized spacial score (nSPS) is 12.4. The van der Waals surface area contributed by atoms with Crippen LogP contribution < -0.4 is 4.74 Å². The summed E-state index contributed by atoms with van der Waals surface area (Å²) in [7, 11) is 0. The highest BCUT2D eigenvalue weighted by Crippen LogP contribution is 2.30. The van der Waals surface area contributed by atoms with Crippen molar-refractivity contribution >= 4 is 15.9 Å². The molecule has 0 bridgehead atoms. The van der Waals surface area contributed by atoms with Crippen LogP contribution in [0, 0.1) is 0 Å². The van der Waals surface area contributed by atoms with Gasteiger partial charge in [0.15, 0.2) is 0 Å². The third-order valence-corrected chi connectivity index (χ3v) is 4.25. The van der Waals surface area contributed by atoms with Gasteiger partial charge in [-0.15, -0.1) is 0 Å². The Balaban J connectivity index is 2.36. The van der Waals surface area contributed by atoms with Gasteiger partial charge in [-0.2, -0.15) is 0 Å². The molecule has 0 aliphatic heterocycles. The number of ether oxygens (including phenoxy) is 1. The lowest BCUT2D eigenvalue weighted by Gasteiger charge is -2.13. The van der Waals surface area contributed by atoms with Crippen LogP contribution in [0.5, 0.6) is 5.75 Å². The van der Waals surface area contributed by atoms with Gasteiger partial charge in [0.25, 0.3) is 0 Å². The largest absolute Gasteiger partial charge is 0.492 e. The molecule has 1 N–H and O–H groups in total. The second kappa shape index (κ2) is 11.1. The Bertz CT molecular complexity index is 393. The quantitative estimate of drug-likeness (QED) is 0.491. The monoisotopic (exact) mass is 356 g/mol. The van der Waals surface area contributed by atoms with Crippen LogP contribution in [-0.2, 0) is 0 Å². The van der Waals surface area contributed by atoms with Crippen LogP contribution in [0.2, 0.25) is 0 Å². The molecule has 0 saturated heterocycles. The van der Waals surface area contributed by atoms with Gasteiger partial charge in [0.1, 0.15) is 5.75 Å². The number of hydrogen-bond donors (Lipinski definition) is 1. The molecule has 1 aromatic rings. The van der Waals surface area contributed by atoms with E-state index in [1.54, 1.807) is 0 Å². The predicted molar refractivity (Wildman–Crippen MR) is 92.9 cm³/mol. The number of unbranched alkanes of at least 4 members (excludes halogenated alkanes) is 5. The fourth-order valence-electron chi connectivity index (χ4n) is 2.34. The molecular formula is C18H29BrO2. The molecule has 0 radical (unpaired) electrons. The lowest BCUT2D eigenvalue weighted by atomic mass is 10.0. The van der Waals surface area contributed by atoms with Crippen LogP contribution in [0.3, 0.4) is 0 Å². The minimum Gasteiger partial charge on any atom is -0.492 e. The maximum absolute atomic E-state index is 10.3. The molecule has 1 rings (SSSR count). The number of halogens is 1. The Hall–Kier alpha value is -0.540. The van der Waals surface area contributed by atoms with E-state index in [2.05, 4.69) is 29.8 Å². The fraction of sp³-hybridized carbons (Fsp3) is 0.667. The molecule has 0 aliphatic rings. The third kappa shape index (κ3) is 7.32. The van der Waals surface area contributed by atoms with Crippen LogP contribution >= 0.6 is 15.9 Å². The Morgan fingerprint density at radius 2 is 1.76 bits per heavy atom. The summed E-state index contributed by atoms with van der Waals surface area (Å²) in [4.78, 5) is 0. The summed E-state index contributed by atoms with van der Waals surface area (Å²) in [5.41, 5.74) is 0.972. The van der Waals surface area contributed by atoms with Crippen LogP contribution in [0.25, 0.3) is 0 Å². The Kier molecular flexibility index (Phi) is 9.77. The van der Waals surface area contributed by atoms with Gasteiger partial charge < -0.3 is 9.84 Å². The second-order valence-electron chi connectivity index (χ2n) is 5.61. The lowest BCUT2D eigenvalue weighted by molar-refractivity contribution is 0.163. The van der Waals surface area contributed by atoms with Crippen molar-refractivity contribution in [3.63, 3.8) is 0 Å². The fourth-order valence-corrected chi connectivity index (χ4v) is 2.85. The van der Waals surface area contributed by atoms with E-state index in [0.717, 1.165) is 41.7 Å². The molecular weight excluding hydrogens is 328 g/mol. The molecule has 21 heavy (non-hydrogen) atoms. The average molecular weight is 357 g/mol. The molecule has 1 atom stereocenters. The van der Waals surface area contributed by atoms with E-state index in [-0.39, 0.29) is 6.10 Å². The summed E-state index contributed by atoms with van der Waals surface area (Å²) >= 11 is 3.52. The number of aliphatic hydroxyl groups is 1. The minimum atomic E-state index is -0.368. The van der Waals surface area contributed by atoms with Crippen LogP contribution in [0.1, 0.15) is 76.9 Å². The van der Waals surface area contributed by atoms with Crippen molar-refractivity contribution in [1.29, 1.82) is 0 Å². The van der Waals surface area contributed by atoms with Gasteiger partial charge in [0.2, 0.25) is 0 Å². The Morgan fingerprint density at radius 1 is 1.05 bits per heavy atom. The van der Waals surface area contributed by atoms with Gasteiger partial charge in [-0.1, -0.05) is 58.4 Å². The van der Waals surface area contributed by atoms with Gasteiger partial charge in [-0.3, -0.25) is 0 Å². The molecule has 0 saturated carbocycles. The molecule has 0 heterocycles. The summed E-state index contributed by atoms with van der Waals surface area (Å²) in [6.45, 7) is 5.04. The first-order valence-electron chi connectivity index (χ1n) is 8.29. The molecule has 2 nitrogen and oxygen atoms in total. The van der Waals surface area contributed by atoms with Crippen LogP contribution in [0.4, 0.5) is 0 Å². The highest BCUT2D eigenvalue weighted by atomic mass is 79.9. The number of rotatable bonds is 11. The number of aliphatic hydroxyl groups excluding tert-OH is 1. The van der Waals surface area contributed by atoms with Gasteiger partial charge in [0, 0.05) is 0 Å². The van der Waals surface area contributed by atoms with Crippen molar-refractivity contribution in [3.05, 3.63) is 28.2 Å². The first kappa shape index (κ1) is 18.5. The smallest absolute Gasteiger partial charge is 0.133 e. The van der Waals surface area contributed by atoms with Gasteiger partial charge >= 0.3 is 0 Å². The van der Waals surface area contributed by atoms with Gasteiger partial charge in [0.05, 0.1) is 17.2 Å². The van der Waals surface area contributed by atoms with Crippen LogP contribution in [0.15, 0.2) is 22.7 Å². The summed E-state index contributed by atoms with van der Waals surface area (Å²) in [6, 6.07) is 5.89. The summed E-state index contributed by atoms with van der Waals surface area (Å²) in [6.07, 6.45) is 9.00. The van der Waals surface area contributed by atoms with Crippen molar-refractivity contribution in [3.8, 4) is 5.75 Å². The van der Waals surface area contributed by atoms with E-state index in [1.165, 1.54) is 32.1 Å². The minimum absolute atomic E-state index is 0.368. The first-order valence-corrected chi connectivity index (χ1v) is 9.08. The predicted octanol–water partition coefficient (Wildman–Crippen LogP) is 6.02.